The summed E-state index contributed by atoms with van der Waals surface area (Å²) in [6, 6.07) is 1.32. The van der Waals surface area contributed by atoms with Gasteiger partial charge in [-0.3, -0.25) is 4.98 Å². The fraction of sp³-hybridized carbons (Fsp3) is 0.583. The molecular formula is C12H15FN2O. The van der Waals surface area contributed by atoms with E-state index in [9.17, 15) is 4.39 Å². The molecule has 4 heteroatoms. The van der Waals surface area contributed by atoms with E-state index in [1.165, 1.54) is 12.3 Å². The van der Waals surface area contributed by atoms with Gasteiger partial charge in [0.15, 0.2) is 0 Å². The van der Waals surface area contributed by atoms with Crippen LogP contribution in [0.3, 0.4) is 0 Å². The number of halogens is 1. The van der Waals surface area contributed by atoms with Crippen molar-refractivity contribution in [1.82, 2.24) is 4.98 Å². The topological polar surface area (TPSA) is 48.1 Å². The molecule has 2 N–H and O–H groups in total. The van der Waals surface area contributed by atoms with Crippen LogP contribution in [-0.2, 0) is 4.74 Å². The van der Waals surface area contributed by atoms with E-state index >= 15 is 0 Å². The van der Waals surface area contributed by atoms with Gasteiger partial charge in [0, 0.05) is 18.2 Å². The highest BCUT2D eigenvalue weighted by Gasteiger charge is 2.43. The number of nitrogens with two attached hydrogens (primary N) is 1. The van der Waals surface area contributed by atoms with Gasteiger partial charge in [-0.15, -0.1) is 0 Å². The van der Waals surface area contributed by atoms with Crippen LogP contribution in [0.1, 0.15) is 30.9 Å². The molecule has 2 aliphatic rings. The van der Waals surface area contributed by atoms with Gasteiger partial charge in [-0.1, -0.05) is 0 Å². The number of rotatable bonds is 2. The number of ether oxygens (including phenoxy) is 1. The third kappa shape index (κ3) is 1.62. The first-order valence-corrected chi connectivity index (χ1v) is 5.75. The number of fused-ring (bicyclic) bond motifs is 2. The Kier molecular flexibility index (Phi) is 2.41. The van der Waals surface area contributed by atoms with Crippen molar-refractivity contribution in [3.05, 3.63) is 29.8 Å². The second-order valence-electron chi connectivity index (χ2n) is 4.74. The Morgan fingerprint density at radius 3 is 2.94 bits per heavy atom. The van der Waals surface area contributed by atoms with E-state index in [1.54, 1.807) is 6.20 Å². The van der Waals surface area contributed by atoms with Crippen molar-refractivity contribution >= 4 is 0 Å². The molecule has 4 atom stereocenters. The summed E-state index contributed by atoms with van der Waals surface area (Å²) in [5, 5.41) is 0. The molecule has 0 aromatic carbocycles. The summed E-state index contributed by atoms with van der Waals surface area (Å²) in [6.07, 6.45) is 6.74. The molecule has 3 nitrogen and oxygen atoms in total. The Morgan fingerprint density at radius 2 is 2.31 bits per heavy atom. The van der Waals surface area contributed by atoms with Gasteiger partial charge in [-0.05, 0) is 30.9 Å². The second kappa shape index (κ2) is 3.79. The molecule has 0 amide bonds. The molecular weight excluding hydrogens is 207 g/mol. The zero-order valence-corrected chi connectivity index (χ0v) is 8.97. The molecule has 2 bridgehead atoms. The zero-order chi connectivity index (χ0) is 11.1. The summed E-state index contributed by atoms with van der Waals surface area (Å²) >= 11 is 0. The maximum absolute atomic E-state index is 13.1. The smallest absolute Gasteiger partial charge is 0.141 e. The van der Waals surface area contributed by atoms with Crippen LogP contribution in [0, 0.1) is 11.7 Å². The molecule has 3 rings (SSSR count). The fourth-order valence-corrected chi connectivity index (χ4v) is 2.91. The van der Waals surface area contributed by atoms with Gasteiger partial charge in [0.05, 0.1) is 18.4 Å². The maximum atomic E-state index is 13.1. The molecule has 2 saturated heterocycles. The third-order valence-corrected chi connectivity index (χ3v) is 3.73. The van der Waals surface area contributed by atoms with E-state index in [-0.39, 0.29) is 18.0 Å². The number of aromatic nitrogens is 1. The lowest BCUT2D eigenvalue weighted by Gasteiger charge is -2.25. The van der Waals surface area contributed by atoms with E-state index in [4.69, 9.17) is 10.5 Å². The Morgan fingerprint density at radius 1 is 1.44 bits per heavy atom. The van der Waals surface area contributed by atoms with Crippen LogP contribution in [0.2, 0.25) is 0 Å². The fourth-order valence-electron chi connectivity index (χ4n) is 2.91. The first-order chi connectivity index (χ1) is 7.74. The van der Waals surface area contributed by atoms with E-state index in [1.807, 2.05) is 0 Å². The Hall–Kier alpha value is -1.00. The number of hydrogen-bond donors (Lipinski definition) is 1. The van der Waals surface area contributed by atoms with E-state index < -0.39 is 0 Å². The average molecular weight is 222 g/mol. The predicted molar refractivity (Wildman–Crippen MR) is 57.1 cm³/mol. The highest BCUT2D eigenvalue weighted by molar-refractivity contribution is 5.17. The Balaban J connectivity index is 1.80. The highest BCUT2D eigenvalue weighted by Crippen LogP contribution is 2.43. The van der Waals surface area contributed by atoms with Gasteiger partial charge in [0.1, 0.15) is 5.82 Å². The minimum atomic E-state index is -0.322. The summed E-state index contributed by atoms with van der Waals surface area (Å²) in [5.74, 6) is -0.000579. The minimum absolute atomic E-state index is 0.154. The standard InChI is InChI=1S/C12H15FN2O/c13-8-3-7(5-15-6-8)12(14)10-4-9-1-2-11(10)16-9/h3,5-6,9-12H,1-2,4,14H2. The average Bonchev–Trinajstić information content (AvgIpc) is 2.89. The van der Waals surface area contributed by atoms with Crippen molar-refractivity contribution in [2.75, 3.05) is 0 Å². The largest absolute Gasteiger partial charge is 0.375 e. The lowest BCUT2D eigenvalue weighted by atomic mass is 9.82. The number of hydrogen-bond acceptors (Lipinski definition) is 3. The monoisotopic (exact) mass is 222 g/mol. The van der Waals surface area contributed by atoms with Crippen LogP contribution in [-0.4, -0.2) is 17.2 Å². The van der Waals surface area contributed by atoms with Gasteiger partial charge >= 0.3 is 0 Å². The first-order valence-electron chi connectivity index (χ1n) is 5.75. The highest BCUT2D eigenvalue weighted by atomic mass is 19.1. The van der Waals surface area contributed by atoms with E-state index in [0.717, 1.165) is 24.8 Å². The van der Waals surface area contributed by atoms with E-state index in [0.29, 0.717) is 12.0 Å². The van der Waals surface area contributed by atoms with Crippen molar-refractivity contribution in [2.24, 2.45) is 11.7 Å². The molecule has 86 valence electrons. The van der Waals surface area contributed by atoms with Gasteiger partial charge in [0.2, 0.25) is 0 Å². The lowest BCUT2D eigenvalue weighted by molar-refractivity contribution is 0.0884. The predicted octanol–water partition coefficient (Wildman–Crippen LogP) is 1.79. The quantitative estimate of drug-likeness (QED) is 0.829. The number of pyridine rings is 1. The van der Waals surface area contributed by atoms with Gasteiger partial charge in [-0.2, -0.15) is 0 Å². The molecule has 1 aromatic rings. The van der Waals surface area contributed by atoms with Crippen molar-refractivity contribution in [1.29, 1.82) is 0 Å². The third-order valence-electron chi connectivity index (χ3n) is 3.73. The molecule has 0 spiro atoms. The summed E-state index contributed by atoms with van der Waals surface area (Å²) in [7, 11) is 0. The molecule has 0 aliphatic carbocycles. The summed E-state index contributed by atoms with van der Waals surface area (Å²) in [6.45, 7) is 0. The van der Waals surface area contributed by atoms with Crippen molar-refractivity contribution in [3.63, 3.8) is 0 Å². The van der Waals surface area contributed by atoms with Gasteiger partial charge in [0.25, 0.3) is 0 Å². The van der Waals surface area contributed by atoms with Crippen molar-refractivity contribution < 1.29 is 9.13 Å². The van der Waals surface area contributed by atoms with Crippen molar-refractivity contribution in [3.8, 4) is 0 Å². The molecule has 3 heterocycles. The first kappa shape index (κ1) is 10.2. The second-order valence-corrected chi connectivity index (χ2v) is 4.74. The molecule has 2 aliphatic heterocycles. The molecule has 2 fully saturated rings. The molecule has 16 heavy (non-hydrogen) atoms. The van der Waals surface area contributed by atoms with Crippen LogP contribution >= 0.6 is 0 Å². The van der Waals surface area contributed by atoms with Gasteiger partial charge in [-0.25, -0.2) is 4.39 Å². The number of nitrogens with zero attached hydrogens (tertiary/aromatic N) is 1. The SMILES string of the molecule is NC(c1cncc(F)c1)C1CC2CCC1O2. The van der Waals surface area contributed by atoms with Crippen LogP contribution in [0.15, 0.2) is 18.5 Å². The summed E-state index contributed by atoms with van der Waals surface area (Å²) < 4.78 is 18.8. The van der Waals surface area contributed by atoms with Crippen molar-refractivity contribution in [2.45, 2.75) is 37.5 Å². The van der Waals surface area contributed by atoms with Crippen LogP contribution in [0.4, 0.5) is 4.39 Å². The summed E-state index contributed by atoms with van der Waals surface area (Å²) in [5.41, 5.74) is 6.95. The Bertz CT molecular complexity index is 398. The Labute approximate surface area is 93.8 Å². The minimum Gasteiger partial charge on any atom is -0.375 e. The van der Waals surface area contributed by atoms with E-state index in [2.05, 4.69) is 4.98 Å². The molecule has 0 radical (unpaired) electrons. The lowest BCUT2D eigenvalue weighted by Crippen LogP contribution is -2.29. The van der Waals surface area contributed by atoms with Crippen LogP contribution < -0.4 is 5.73 Å². The molecule has 4 unspecified atom stereocenters. The normalized spacial score (nSPS) is 34.2. The summed E-state index contributed by atoms with van der Waals surface area (Å²) in [4.78, 5) is 3.84. The molecule has 0 saturated carbocycles. The van der Waals surface area contributed by atoms with Gasteiger partial charge < -0.3 is 10.5 Å². The van der Waals surface area contributed by atoms with Crippen LogP contribution in [0.5, 0.6) is 0 Å². The zero-order valence-electron chi connectivity index (χ0n) is 8.97. The van der Waals surface area contributed by atoms with Crippen LogP contribution in [0.25, 0.3) is 0 Å². The maximum Gasteiger partial charge on any atom is 0.141 e. The molecule has 1 aromatic heterocycles.